The van der Waals surface area contributed by atoms with Crippen molar-refractivity contribution in [2.75, 3.05) is 24.6 Å². The molecule has 0 spiro atoms. The number of rotatable bonds is 3. The summed E-state index contributed by atoms with van der Waals surface area (Å²) in [6.07, 6.45) is 1.26. The molecular weight excluding hydrogens is 324 g/mol. The lowest BCUT2D eigenvalue weighted by Crippen LogP contribution is -2.42. The van der Waals surface area contributed by atoms with Crippen molar-refractivity contribution in [3.8, 4) is 5.75 Å². The predicted molar refractivity (Wildman–Crippen MR) is 92.3 cm³/mol. The smallest absolute Gasteiger partial charge is 0.265 e. The maximum absolute atomic E-state index is 12.6. The van der Waals surface area contributed by atoms with E-state index in [2.05, 4.69) is 11.4 Å². The fourth-order valence-electron chi connectivity index (χ4n) is 3.23. The first kappa shape index (κ1) is 15.2. The summed E-state index contributed by atoms with van der Waals surface area (Å²) < 4.78 is 5.43. The molecule has 0 aliphatic carbocycles. The van der Waals surface area contributed by atoms with Gasteiger partial charge in [-0.15, -0.1) is 11.3 Å². The molecule has 2 aliphatic rings. The summed E-state index contributed by atoms with van der Waals surface area (Å²) in [5.41, 5.74) is 2.01. The average molecular weight is 342 g/mol. The number of fused-ring (bicyclic) bond motifs is 2. The molecule has 1 aromatic heterocycles. The number of amides is 2. The minimum Gasteiger partial charge on any atom is -0.482 e. The molecule has 0 saturated carbocycles. The highest BCUT2D eigenvalue weighted by molar-refractivity contribution is 7.10. The zero-order valence-corrected chi connectivity index (χ0v) is 14.1. The fourth-order valence-corrected chi connectivity index (χ4v) is 4.12. The Morgan fingerprint density at radius 3 is 3.04 bits per heavy atom. The van der Waals surface area contributed by atoms with Crippen LogP contribution in [0.4, 0.5) is 5.69 Å². The van der Waals surface area contributed by atoms with Crippen molar-refractivity contribution in [3.05, 3.63) is 46.2 Å². The van der Waals surface area contributed by atoms with Gasteiger partial charge in [0.05, 0.1) is 5.69 Å². The molecule has 0 saturated heterocycles. The lowest BCUT2D eigenvalue weighted by molar-refractivity contribution is -0.132. The van der Waals surface area contributed by atoms with Crippen LogP contribution in [0.25, 0.3) is 0 Å². The van der Waals surface area contributed by atoms with Crippen LogP contribution in [0.15, 0.2) is 35.7 Å². The van der Waals surface area contributed by atoms with E-state index in [-0.39, 0.29) is 18.4 Å². The van der Waals surface area contributed by atoms with Gasteiger partial charge in [0.1, 0.15) is 5.75 Å². The van der Waals surface area contributed by atoms with E-state index in [1.54, 1.807) is 16.2 Å². The Morgan fingerprint density at radius 2 is 2.12 bits per heavy atom. The summed E-state index contributed by atoms with van der Waals surface area (Å²) in [6.45, 7) is 1.88. The molecule has 0 bridgehead atoms. The van der Waals surface area contributed by atoms with Gasteiger partial charge in [-0.05, 0) is 35.6 Å². The zero-order valence-electron chi connectivity index (χ0n) is 13.2. The molecule has 0 N–H and O–H groups in total. The molecule has 2 aromatic rings. The monoisotopic (exact) mass is 342 g/mol. The summed E-state index contributed by atoms with van der Waals surface area (Å²) in [6, 6.07) is 9.55. The molecule has 5 nitrogen and oxygen atoms in total. The SMILES string of the molecule is O=C(CCN1C(=O)COc2ccccc21)N1CCc2sccc2C1. The van der Waals surface area contributed by atoms with E-state index in [4.69, 9.17) is 4.74 Å². The van der Waals surface area contributed by atoms with Gasteiger partial charge in [-0.25, -0.2) is 0 Å². The molecule has 124 valence electrons. The highest BCUT2D eigenvalue weighted by Crippen LogP contribution is 2.31. The molecule has 4 rings (SSSR count). The standard InChI is InChI=1S/C18H18N2O3S/c21-17(19-8-5-16-13(11-19)7-10-24-16)6-9-20-14-3-1-2-4-15(14)23-12-18(20)22/h1-4,7,10H,5-6,8-9,11-12H2. The maximum atomic E-state index is 12.6. The van der Waals surface area contributed by atoms with Crippen LogP contribution in [0.2, 0.25) is 0 Å². The summed E-state index contributed by atoms with van der Waals surface area (Å²) in [4.78, 5) is 29.6. The molecule has 6 heteroatoms. The molecule has 0 atom stereocenters. The van der Waals surface area contributed by atoms with Crippen LogP contribution in [0.3, 0.4) is 0 Å². The van der Waals surface area contributed by atoms with E-state index in [0.717, 1.165) is 18.7 Å². The van der Waals surface area contributed by atoms with Crippen molar-refractivity contribution in [1.29, 1.82) is 0 Å². The van der Waals surface area contributed by atoms with E-state index in [9.17, 15) is 9.59 Å². The number of hydrogen-bond donors (Lipinski definition) is 0. The van der Waals surface area contributed by atoms with Gasteiger partial charge < -0.3 is 14.5 Å². The second kappa shape index (κ2) is 6.28. The minimum atomic E-state index is -0.0970. The maximum Gasteiger partial charge on any atom is 0.265 e. The van der Waals surface area contributed by atoms with Gasteiger partial charge in [-0.3, -0.25) is 9.59 Å². The first-order chi connectivity index (χ1) is 11.7. The van der Waals surface area contributed by atoms with Gasteiger partial charge >= 0.3 is 0 Å². The Labute approximate surface area is 144 Å². The van der Waals surface area contributed by atoms with Gasteiger partial charge in [-0.1, -0.05) is 12.1 Å². The zero-order chi connectivity index (χ0) is 16.5. The highest BCUT2D eigenvalue weighted by atomic mass is 32.1. The highest BCUT2D eigenvalue weighted by Gasteiger charge is 2.27. The summed E-state index contributed by atoms with van der Waals surface area (Å²) in [5.74, 6) is 0.703. The third kappa shape index (κ3) is 2.78. The summed E-state index contributed by atoms with van der Waals surface area (Å²) >= 11 is 1.76. The van der Waals surface area contributed by atoms with Crippen LogP contribution in [0, 0.1) is 0 Å². The lowest BCUT2D eigenvalue weighted by atomic mass is 10.1. The van der Waals surface area contributed by atoms with E-state index in [1.165, 1.54) is 10.4 Å². The van der Waals surface area contributed by atoms with E-state index in [1.807, 2.05) is 29.2 Å². The Hall–Kier alpha value is -2.34. The molecule has 0 fully saturated rings. The van der Waals surface area contributed by atoms with E-state index >= 15 is 0 Å². The van der Waals surface area contributed by atoms with Crippen molar-refractivity contribution in [2.45, 2.75) is 19.4 Å². The lowest BCUT2D eigenvalue weighted by Gasteiger charge is -2.31. The van der Waals surface area contributed by atoms with Gasteiger partial charge in [0, 0.05) is 30.9 Å². The van der Waals surface area contributed by atoms with Gasteiger partial charge in [-0.2, -0.15) is 0 Å². The topological polar surface area (TPSA) is 49.9 Å². The quantitative estimate of drug-likeness (QED) is 0.861. The molecule has 0 unspecified atom stereocenters. The number of benzene rings is 1. The third-order valence-corrected chi connectivity index (χ3v) is 5.54. The molecule has 0 radical (unpaired) electrons. The average Bonchev–Trinajstić information content (AvgIpc) is 3.08. The van der Waals surface area contributed by atoms with Crippen LogP contribution in [-0.2, 0) is 22.6 Å². The van der Waals surface area contributed by atoms with Gasteiger partial charge in [0.25, 0.3) is 5.91 Å². The second-order valence-electron chi connectivity index (χ2n) is 5.99. The molecule has 1 aromatic carbocycles. The number of para-hydroxylation sites is 2. The number of nitrogens with zero attached hydrogens (tertiary/aromatic N) is 2. The van der Waals surface area contributed by atoms with Gasteiger partial charge in [0.15, 0.2) is 6.61 Å². The van der Waals surface area contributed by atoms with Crippen LogP contribution in [0.1, 0.15) is 16.9 Å². The first-order valence-corrected chi connectivity index (χ1v) is 8.95. The molecule has 3 heterocycles. The Balaban J connectivity index is 1.42. The van der Waals surface area contributed by atoms with Crippen molar-refractivity contribution < 1.29 is 14.3 Å². The van der Waals surface area contributed by atoms with Crippen molar-refractivity contribution in [2.24, 2.45) is 0 Å². The van der Waals surface area contributed by atoms with Crippen molar-refractivity contribution >= 4 is 28.8 Å². The third-order valence-electron chi connectivity index (χ3n) is 4.52. The number of carbonyl (C=O) groups excluding carboxylic acids is 2. The van der Waals surface area contributed by atoms with E-state index in [0.29, 0.717) is 25.3 Å². The fraction of sp³-hybridized carbons (Fsp3) is 0.333. The Kier molecular flexibility index (Phi) is 3.98. The number of hydrogen-bond acceptors (Lipinski definition) is 4. The van der Waals surface area contributed by atoms with Crippen molar-refractivity contribution in [3.63, 3.8) is 0 Å². The summed E-state index contributed by atoms with van der Waals surface area (Å²) in [7, 11) is 0. The minimum absolute atomic E-state index is 0.0349. The number of thiophene rings is 1. The van der Waals surface area contributed by atoms with Gasteiger partial charge in [0.2, 0.25) is 5.91 Å². The normalized spacial score (nSPS) is 16.4. The molecular formula is C18H18N2O3S. The summed E-state index contributed by atoms with van der Waals surface area (Å²) in [5, 5.41) is 2.09. The first-order valence-electron chi connectivity index (χ1n) is 8.07. The molecule has 2 aliphatic heterocycles. The molecule has 2 amide bonds. The number of ether oxygens (including phenoxy) is 1. The Morgan fingerprint density at radius 1 is 1.25 bits per heavy atom. The van der Waals surface area contributed by atoms with Crippen LogP contribution < -0.4 is 9.64 Å². The number of anilines is 1. The largest absolute Gasteiger partial charge is 0.482 e. The van der Waals surface area contributed by atoms with Crippen molar-refractivity contribution in [1.82, 2.24) is 4.90 Å². The molecule has 24 heavy (non-hydrogen) atoms. The van der Waals surface area contributed by atoms with E-state index < -0.39 is 0 Å². The van der Waals surface area contributed by atoms with Crippen LogP contribution in [0.5, 0.6) is 5.75 Å². The number of carbonyl (C=O) groups is 2. The predicted octanol–water partition coefficient (Wildman–Crippen LogP) is 2.45. The second-order valence-corrected chi connectivity index (χ2v) is 6.99. The Bertz CT molecular complexity index is 786. The van der Waals surface area contributed by atoms with Crippen LogP contribution in [-0.4, -0.2) is 36.4 Å². The van der Waals surface area contributed by atoms with Crippen LogP contribution >= 0.6 is 11.3 Å².